The number of unbranched alkanes of at least 4 members (excludes halogenated alkanes) is 1. The molecular weight excluding hydrogens is 196 g/mol. The van der Waals surface area contributed by atoms with Crippen LogP contribution in [0.3, 0.4) is 0 Å². The van der Waals surface area contributed by atoms with Gasteiger partial charge >= 0.3 is 0 Å². The summed E-state index contributed by atoms with van der Waals surface area (Å²) in [5, 5.41) is 4.39. The van der Waals surface area contributed by atoms with Crippen LogP contribution in [-0.4, -0.2) is 36.7 Å². The van der Waals surface area contributed by atoms with Crippen molar-refractivity contribution >= 4 is 16.9 Å². The van der Waals surface area contributed by atoms with E-state index < -0.39 is 0 Å². The molecule has 0 aliphatic carbocycles. The molecule has 1 saturated heterocycles. The Morgan fingerprint density at radius 3 is 3.07 bits per heavy atom. The van der Waals surface area contributed by atoms with E-state index in [1.54, 1.807) is 11.8 Å². The molecule has 14 heavy (non-hydrogen) atoms. The Morgan fingerprint density at radius 1 is 1.57 bits per heavy atom. The monoisotopic (exact) mass is 216 g/mol. The molecule has 0 bridgehead atoms. The first-order valence-electron chi connectivity index (χ1n) is 5.34. The summed E-state index contributed by atoms with van der Waals surface area (Å²) in [7, 11) is 0. The summed E-state index contributed by atoms with van der Waals surface area (Å²) in [6.07, 6.45) is 2.35. The summed E-state index contributed by atoms with van der Waals surface area (Å²) in [6.45, 7) is 6.75. The van der Waals surface area contributed by atoms with Gasteiger partial charge in [0.25, 0.3) is 0 Å². The van der Waals surface area contributed by atoms with Crippen molar-refractivity contribution in [2.75, 3.05) is 25.5 Å². The predicted molar refractivity (Wildman–Crippen MR) is 63.1 cm³/mol. The second-order valence-corrected chi connectivity index (χ2v) is 4.52. The molecular formula is C10H20N2OS. The Labute approximate surface area is 90.7 Å². The number of hydrogen-bond donors (Lipinski definition) is 1. The normalized spacial score (nSPS) is 24.1. The number of rotatable bonds is 6. The van der Waals surface area contributed by atoms with Crippen molar-refractivity contribution in [2.24, 2.45) is 4.99 Å². The average molecular weight is 216 g/mol. The molecule has 1 aliphatic heterocycles. The van der Waals surface area contributed by atoms with Gasteiger partial charge < -0.3 is 10.1 Å². The van der Waals surface area contributed by atoms with Crippen LogP contribution in [0.1, 0.15) is 26.7 Å². The fourth-order valence-corrected chi connectivity index (χ4v) is 2.11. The highest BCUT2D eigenvalue weighted by atomic mass is 32.2. The standard InChI is InChI=1S/C10H20N2OS/c1-3-4-6-13-7-5-11-10-12-9(2)8-14-10/h9H,3-8H2,1-2H3,(H,11,12). The molecule has 3 nitrogen and oxygen atoms in total. The van der Waals surface area contributed by atoms with Gasteiger partial charge in [-0.1, -0.05) is 25.1 Å². The summed E-state index contributed by atoms with van der Waals surface area (Å²) < 4.78 is 5.42. The van der Waals surface area contributed by atoms with Crippen molar-refractivity contribution in [3.63, 3.8) is 0 Å². The van der Waals surface area contributed by atoms with E-state index >= 15 is 0 Å². The lowest BCUT2D eigenvalue weighted by molar-refractivity contribution is 0.139. The molecule has 0 saturated carbocycles. The van der Waals surface area contributed by atoms with Gasteiger partial charge in [0.1, 0.15) is 0 Å². The second-order valence-electron chi connectivity index (χ2n) is 3.51. The minimum Gasteiger partial charge on any atom is -0.380 e. The van der Waals surface area contributed by atoms with Gasteiger partial charge in [-0.25, -0.2) is 0 Å². The smallest absolute Gasteiger partial charge is 0.156 e. The van der Waals surface area contributed by atoms with Crippen LogP contribution in [0.5, 0.6) is 0 Å². The van der Waals surface area contributed by atoms with Crippen molar-refractivity contribution in [1.82, 2.24) is 5.32 Å². The third-order valence-corrected chi connectivity index (χ3v) is 3.16. The first kappa shape index (κ1) is 11.9. The third kappa shape index (κ3) is 4.86. The SMILES string of the molecule is CCCCOCCN=C1NC(C)CS1. The van der Waals surface area contributed by atoms with E-state index in [9.17, 15) is 0 Å². The lowest BCUT2D eigenvalue weighted by atomic mass is 10.4. The Kier molecular flexibility index (Phi) is 6.03. The molecule has 0 amide bonds. The lowest BCUT2D eigenvalue weighted by Crippen LogP contribution is -2.23. The molecule has 1 aliphatic rings. The molecule has 0 aromatic rings. The molecule has 0 aromatic carbocycles. The Bertz CT molecular complexity index is 185. The topological polar surface area (TPSA) is 33.6 Å². The van der Waals surface area contributed by atoms with Crippen molar-refractivity contribution in [3.8, 4) is 0 Å². The molecule has 82 valence electrons. The third-order valence-electron chi connectivity index (χ3n) is 1.97. The molecule has 1 unspecified atom stereocenters. The van der Waals surface area contributed by atoms with Gasteiger partial charge in [-0.3, -0.25) is 4.99 Å². The van der Waals surface area contributed by atoms with Gasteiger partial charge in [-0.2, -0.15) is 0 Å². The van der Waals surface area contributed by atoms with Crippen molar-refractivity contribution in [1.29, 1.82) is 0 Å². The van der Waals surface area contributed by atoms with E-state index in [1.807, 2.05) is 0 Å². The van der Waals surface area contributed by atoms with E-state index in [0.29, 0.717) is 6.04 Å². The molecule has 0 spiro atoms. The van der Waals surface area contributed by atoms with Crippen molar-refractivity contribution < 1.29 is 4.74 Å². The summed E-state index contributed by atoms with van der Waals surface area (Å²) in [6, 6.07) is 0.569. The molecule has 1 fully saturated rings. The Morgan fingerprint density at radius 2 is 2.43 bits per heavy atom. The van der Waals surface area contributed by atoms with Crippen LogP contribution in [-0.2, 0) is 4.74 Å². The summed E-state index contributed by atoms with van der Waals surface area (Å²) >= 11 is 1.80. The lowest BCUT2D eigenvalue weighted by Gasteiger charge is -2.02. The number of hydrogen-bond acceptors (Lipinski definition) is 3. The first-order chi connectivity index (χ1) is 6.83. The highest BCUT2D eigenvalue weighted by molar-refractivity contribution is 8.14. The average Bonchev–Trinajstić information content (AvgIpc) is 2.58. The van der Waals surface area contributed by atoms with Gasteiger partial charge in [0.05, 0.1) is 13.2 Å². The zero-order valence-electron chi connectivity index (χ0n) is 9.08. The zero-order chi connectivity index (χ0) is 10.2. The van der Waals surface area contributed by atoms with Crippen LogP contribution in [0.4, 0.5) is 0 Å². The number of nitrogens with one attached hydrogen (secondary N) is 1. The van der Waals surface area contributed by atoms with Crippen LogP contribution in [0, 0.1) is 0 Å². The number of ether oxygens (including phenoxy) is 1. The first-order valence-corrected chi connectivity index (χ1v) is 6.33. The maximum atomic E-state index is 5.42. The zero-order valence-corrected chi connectivity index (χ0v) is 9.90. The van der Waals surface area contributed by atoms with Crippen LogP contribution < -0.4 is 5.32 Å². The highest BCUT2D eigenvalue weighted by Crippen LogP contribution is 2.12. The van der Waals surface area contributed by atoms with E-state index in [0.717, 1.165) is 37.1 Å². The van der Waals surface area contributed by atoms with E-state index in [-0.39, 0.29) is 0 Å². The van der Waals surface area contributed by atoms with Crippen molar-refractivity contribution in [2.45, 2.75) is 32.7 Å². The minimum absolute atomic E-state index is 0.569. The second kappa shape index (κ2) is 7.12. The van der Waals surface area contributed by atoms with E-state index in [2.05, 4.69) is 24.2 Å². The van der Waals surface area contributed by atoms with Crippen molar-refractivity contribution in [3.05, 3.63) is 0 Å². The van der Waals surface area contributed by atoms with Crippen LogP contribution in [0.15, 0.2) is 4.99 Å². The number of aliphatic imine (C=N–C) groups is 1. The number of thioether (sulfide) groups is 1. The van der Waals surface area contributed by atoms with Gasteiger partial charge in [0.2, 0.25) is 0 Å². The number of amidine groups is 1. The van der Waals surface area contributed by atoms with E-state index in [4.69, 9.17) is 4.74 Å². The molecule has 4 heteroatoms. The van der Waals surface area contributed by atoms with Gasteiger partial charge in [-0.15, -0.1) is 0 Å². The Hall–Kier alpha value is -0.220. The molecule has 0 aromatic heterocycles. The van der Waals surface area contributed by atoms with Gasteiger partial charge in [0, 0.05) is 18.4 Å². The van der Waals surface area contributed by atoms with Crippen LogP contribution >= 0.6 is 11.8 Å². The summed E-state index contributed by atoms with van der Waals surface area (Å²) in [5.74, 6) is 1.13. The molecule has 1 atom stereocenters. The minimum atomic E-state index is 0.569. The molecule has 1 heterocycles. The fourth-order valence-electron chi connectivity index (χ4n) is 1.15. The highest BCUT2D eigenvalue weighted by Gasteiger charge is 2.14. The molecule has 1 rings (SSSR count). The summed E-state index contributed by atoms with van der Waals surface area (Å²) in [5.41, 5.74) is 0. The molecule has 1 N–H and O–H groups in total. The quantitative estimate of drug-likeness (QED) is 0.688. The summed E-state index contributed by atoms with van der Waals surface area (Å²) in [4.78, 5) is 4.41. The maximum absolute atomic E-state index is 5.42. The van der Waals surface area contributed by atoms with Gasteiger partial charge in [0.15, 0.2) is 5.17 Å². The largest absolute Gasteiger partial charge is 0.380 e. The van der Waals surface area contributed by atoms with Crippen LogP contribution in [0.25, 0.3) is 0 Å². The fraction of sp³-hybridized carbons (Fsp3) is 0.900. The molecule has 0 radical (unpaired) electrons. The van der Waals surface area contributed by atoms with E-state index in [1.165, 1.54) is 6.42 Å². The van der Waals surface area contributed by atoms with Crippen LogP contribution in [0.2, 0.25) is 0 Å². The predicted octanol–water partition coefficient (Wildman–Crippen LogP) is 1.88. The van der Waals surface area contributed by atoms with Gasteiger partial charge in [-0.05, 0) is 13.3 Å². The maximum Gasteiger partial charge on any atom is 0.156 e. The Balaban J connectivity index is 1.97. The number of nitrogens with zero attached hydrogens (tertiary/aromatic N) is 1.